The third-order valence-electron chi connectivity index (χ3n) is 32.8. The third-order valence-corrected chi connectivity index (χ3v) is 58.2. The van der Waals surface area contributed by atoms with E-state index in [1.54, 1.807) is 0 Å². The molecule has 24 heteroatoms. The molecule has 134 heavy (non-hydrogen) atoms. The Bertz CT molecular complexity index is 8910. The molecule has 0 atom stereocenters. The third kappa shape index (κ3) is 9.45. The Morgan fingerprint density at radius 2 is 0.351 bits per heavy atom. The van der Waals surface area contributed by atoms with E-state index < -0.39 is 67.2 Å². The van der Waals surface area contributed by atoms with Crippen molar-refractivity contribution in [3.05, 3.63) is 315 Å². The first-order valence-electron chi connectivity index (χ1n) is 47.7. The summed E-state index contributed by atoms with van der Waals surface area (Å²) < 4.78 is 42.2. The minimum Gasteiger partial charge on any atom is -0.355 e. The standard InChI is InChI=1S/C34H30N4Si2.C30H26N4Si2.C24H26N4Si2.C22H22N4Si2/c1-39(2)35-27(23-11-7-5-8-12-23)15-17-29(35)33-21-25-20-32-26(19-31(25)37(33)39)22-34-30-18-16-28(24-13-9-6-10-14-24)36(30)40(3,4)38(32)34;1-35(2)31-23-11-7-5-9-19(23)13-27(31)29-17-21-16-26-22(15-25(21)33(29)35)18-30-28-14-20-10-6-8-12-24(20)32(28)36(3,4)34(26)30;1-15-7-9-19-23-13-17-12-22-18(11-21(17)27(23)29(3,4)25(15)19)14-24-20-10-8-16(2)26(20)30(5,6)28(22)24;1-27(2)23-9-5-7-17(23)21-13-15-12-20-16(11-19(15)25(21)27)14-22-18-8-6-10-24(18)28(3,4)26(20)22/h5-22H,1-4H3;5-18H,1-4H3;7-14H,1-6H3;5-14H,1-4H3. The van der Waals surface area contributed by atoms with Gasteiger partial charge in [-0.2, -0.15) is 0 Å². The molecule has 16 nitrogen and oxygen atoms in total. The van der Waals surface area contributed by atoms with Crippen LogP contribution in [0.1, 0.15) is 11.4 Å². The Kier molecular flexibility index (Phi) is 14.7. The predicted octanol–water partition coefficient (Wildman–Crippen LogP) is 27.7. The molecule has 8 aromatic carbocycles. The number of nitrogens with zero attached hydrogens (tertiary/aromatic N) is 16. The molecule has 0 N–H and O–H groups in total. The minimum atomic E-state index is -2.05. The van der Waals surface area contributed by atoms with Crippen molar-refractivity contribution in [2.75, 3.05) is 0 Å². The van der Waals surface area contributed by atoms with Crippen LogP contribution in [-0.2, 0) is 0 Å². The van der Waals surface area contributed by atoms with Crippen LogP contribution >= 0.6 is 0 Å². The molecule has 0 fully saturated rings. The zero-order chi connectivity index (χ0) is 90.8. The highest BCUT2D eigenvalue weighted by atomic mass is 28.4. The Labute approximate surface area is 785 Å². The average molecular weight is 1870 g/mol. The highest BCUT2D eigenvalue weighted by molar-refractivity contribution is 6.82. The summed E-state index contributed by atoms with van der Waals surface area (Å²) in [5, 5.41) is 13.6. The molecule has 16 aromatic heterocycles. The van der Waals surface area contributed by atoms with E-state index >= 15 is 0 Å². The van der Waals surface area contributed by atoms with Gasteiger partial charge in [0.2, 0.25) is 0 Å². The van der Waals surface area contributed by atoms with Gasteiger partial charge < -0.3 is 67.7 Å². The zero-order valence-electron chi connectivity index (χ0n) is 79.0. The summed E-state index contributed by atoms with van der Waals surface area (Å²) in [6, 6.07) is 111. The molecule has 0 unspecified atom stereocenters. The fourth-order valence-corrected chi connectivity index (χ4v) is 53.9. The largest absolute Gasteiger partial charge is 0.355 e. The minimum absolute atomic E-state index is 1.29. The van der Waals surface area contributed by atoms with Gasteiger partial charge in [0.25, 0.3) is 67.2 Å². The van der Waals surface area contributed by atoms with Gasteiger partial charge in [-0.3, -0.25) is 0 Å². The maximum atomic E-state index is 2.69. The van der Waals surface area contributed by atoms with Crippen LogP contribution in [-0.4, -0.2) is 135 Å². The van der Waals surface area contributed by atoms with Crippen LogP contribution in [0.3, 0.4) is 0 Å². The normalized spacial score (nSPS) is 16.9. The Morgan fingerprint density at radius 1 is 0.142 bits per heavy atom. The number of aryl methyl sites for hydroxylation is 2. The van der Waals surface area contributed by atoms with Gasteiger partial charge >= 0.3 is 0 Å². The molecule has 0 saturated heterocycles. The number of fused-ring (bicyclic) bond motifs is 44. The topological polar surface area (TPSA) is 78.9 Å². The van der Waals surface area contributed by atoms with Crippen LogP contribution in [0.4, 0.5) is 0 Å². The van der Waals surface area contributed by atoms with Crippen molar-refractivity contribution in [2.45, 2.75) is 119 Å². The number of rotatable bonds is 2. The van der Waals surface area contributed by atoms with E-state index in [1.165, 1.54) is 234 Å². The lowest BCUT2D eigenvalue weighted by Crippen LogP contribution is -2.42. The number of para-hydroxylation sites is 2. The van der Waals surface area contributed by atoms with Crippen LogP contribution in [0.15, 0.2) is 304 Å². The van der Waals surface area contributed by atoms with Gasteiger partial charge in [-0.25, -0.2) is 0 Å². The number of hydrogen-bond acceptors (Lipinski definition) is 0. The molecule has 0 amide bonds. The fourth-order valence-electron chi connectivity index (χ4n) is 27.7. The van der Waals surface area contributed by atoms with Crippen LogP contribution in [0.5, 0.6) is 0 Å². The Morgan fingerprint density at radius 3 is 0.649 bits per heavy atom. The Balaban J connectivity index is 0.0000000878. The predicted molar refractivity (Wildman–Crippen MR) is 579 cm³/mol. The first-order valence-corrected chi connectivity index (χ1v) is 70.9. The van der Waals surface area contributed by atoms with E-state index in [0.29, 0.717) is 0 Å². The summed E-state index contributed by atoms with van der Waals surface area (Å²) in [5.41, 5.74) is 43.8. The highest BCUT2D eigenvalue weighted by Gasteiger charge is 2.50. The second-order valence-corrected chi connectivity index (χ2v) is 74.3. The molecule has 0 aliphatic carbocycles. The lowest BCUT2D eigenvalue weighted by molar-refractivity contribution is 1.06. The van der Waals surface area contributed by atoms with Gasteiger partial charge in [0.15, 0.2) is 0 Å². The quantitative estimate of drug-likeness (QED) is 0.155. The van der Waals surface area contributed by atoms with Crippen LogP contribution in [0, 0.1) is 13.8 Å². The van der Waals surface area contributed by atoms with E-state index in [0.717, 1.165) is 0 Å². The maximum absolute atomic E-state index is 2.69. The molecule has 0 saturated carbocycles. The first kappa shape index (κ1) is 78.1. The summed E-state index contributed by atoms with van der Waals surface area (Å²) in [6.45, 7) is 44.0. The van der Waals surface area contributed by atoms with Gasteiger partial charge in [-0.05, 0) is 347 Å². The molecule has 24 heterocycles. The van der Waals surface area contributed by atoms with Gasteiger partial charge in [-0.15, -0.1) is 0 Å². The second kappa shape index (κ2) is 25.1. The molecule has 0 spiro atoms. The second-order valence-electron chi connectivity index (χ2n) is 43.1. The van der Waals surface area contributed by atoms with Crippen LogP contribution < -0.4 is 0 Å². The molecular weight excluding hydrogens is 1770 g/mol. The van der Waals surface area contributed by atoms with Crippen molar-refractivity contribution >= 4 is 176 Å². The van der Waals surface area contributed by atoms with Crippen molar-refractivity contribution in [3.63, 3.8) is 0 Å². The molecule has 8 aliphatic rings. The number of aromatic nitrogens is 16. The first-order chi connectivity index (χ1) is 64.3. The van der Waals surface area contributed by atoms with Crippen molar-refractivity contribution < 1.29 is 0 Å². The smallest absolute Gasteiger partial charge is 0.267 e. The number of benzene rings is 8. The fraction of sp³-hybridized carbons (Fsp3) is 0.164. The highest BCUT2D eigenvalue weighted by Crippen LogP contribution is 2.54. The molecular formula is C110H104N16Si8. The lowest BCUT2D eigenvalue weighted by Gasteiger charge is -2.26. The SMILES string of the molecule is C[Si]1(C)n2c(-c3ccccc3)ccc2-c2cc3cc4c(cc5n4[Si](C)(C)n4c(-c6ccccc6)ccc4-5)cc3n21.C[Si]1(C)n2c(cc3ccccc32)-c2cc3cc4c(cc5n4[Si](C)(C)n4c-5cc5ccccc54)cc3n21.C[Si]1(C)n2cccc2-c2cc3cc4c(cc5n4[Si](C)(C)n4cccc4-5)cc3n21.Cc1ccc2n1[Si](C)(C)n1c-2cc2cc3c(cc4n3[Si](C)(C)n3c(C)ccc3-4)cc21. The van der Waals surface area contributed by atoms with E-state index in [1.807, 2.05) is 0 Å². The van der Waals surface area contributed by atoms with E-state index in [-0.39, 0.29) is 0 Å². The summed E-state index contributed by atoms with van der Waals surface area (Å²) >= 11 is 0. The van der Waals surface area contributed by atoms with Crippen LogP contribution in [0.2, 0.25) is 105 Å². The van der Waals surface area contributed by atoms with Crippen molar-refractivity contribution in [1.82, 2.24) is 67.7 Å². The zero-order valence-corrected chi connectivity index (χ0v) is 87.0. The Hall–Kier alpha value is -13.4. The summed E-state index contributed by atoms with van der Waals surface area (Å²) in [7, 11) is -15.2. The van der Waals surface area contributed by atoms with Crippen LogP contribution in [0.25, 0.3) is 223 Å². The monoisotopic (exact) mass is 1870 g/mol. The molecule has 656 valence electrons. The van der Waals surface area contributed by atoms with E-state index in [4.69, 9.17) is 0 Å². The van der Waals surface area contributed by atoms with Crippen molar-refractivity contribution in [1.29, 1.82) is 0 Å². The molecule has 24 aromatic rings. The molecule has 0 bridgehead atoms. The molecule has 8 aliphatic heterocycles. The summed E-state index contributed by atoms with van der Waals surface area (Å²) in [5.74, 6) is 0. The van der Waals surface area contributed by atoms with E-state index in [2.05, 4.69) is 490 Å². The molecule has 0 radical (unpaired) electrons. The van der Waals surface area contributed by atoms with Gasteiger partial charge in [-0.1, -0.05) is 97.1 Å². The summed E-state index contributed by atoms with van der Waals surface area (Å²) in [6.07, 6.45) is 4.52. The van der Waals surface area contributed by atoms with Crippen molar-refractivity contribution in [2.24, 2.45) is 0 Å². The van der Waals surface area contributed by atoms with Crippen molar-refractivity contribution in [3.8, 4) is 114 Å². The maximum Gasteiger partial charge on any atom is 0.267 e. The van der Waals surface area contributed by atoms with Gasteiger partial charge in [0.1, 0.15) is 0 Å². The average Bonchev–Trinajstić information content (AvgIpc) is 1.51. The molecule has 32 rings (SSSR count). The lowest BCUT2D eigenvalue weighted by atomic mass is 10.2. The van der Waals surface area contributed by atoms with Gasteiger partial charge in [0, 0.05) is 121 Å². The van der Waals surface area contributed by atoms with E-state index in [9.17, 15) is 0 Å². The summed E-state index contributed by atoms with van der Waals surface area (Å²) in [4.78, 5) is 0. The number of hydrogen-bond donors (Lipinski definition) is 0. The van der Waals surface area contributed by atoms with Gasteiger partial charge in [0.05, 0.1) is 91.1 Å².